The van der Waals surface area contributed by atoms with Crippen molar-refractivity contribution in [2.75, 3.05) is 11.5 Å². The number of benzene rings is 1. The first-order valence-corrected chi connectivity index (χ1v) is 7.54. The van der Waals surface area contributed by atoms with Crippen LogP contribution in [0.4, 0.5) is 5.82 Å². The van der Waals surface area contributed by atoms with Gasteiger partial charge in [0.05, 0.1) is 6.54 Å². The van der Waals surface area contributed by atoms with Gasteiger partial charge in [-0.05, 0) is 5.56 Å². The van der Waals surface area contributed by atoms with Crippen LogP contribution >= 0.6 is 11.8 Å². The van der Waals surface area contributed by atoms with E-state index in [-0.39, 0.29) is 5.75 Å². The van der Waals surface area contributed by atoms with Crippen LogP contribution in [0.15, 0.2) is 41.8 Å². The van der Waals surface area contributed by atoms with Crippen LogP contribution in [-0.2, 0) is 11.3 Å². The summed E-state index contributed by atoms with van der Waals surface area (Å²) in [5.74, 6) is -0.617. The van der Waals surface area contributed by atoms with Gasteiger partial charge in [0.1, 0.15) is 5.75 Å². The SMILES string of the molecule is Nc1nc[n+](Cc2ccccc2)c2nc(SCC(=O)O)[nH]c12. The van der Waals surface area contributed by atoms with Gasteiger partial charge in [-0.1, -0.05) is 52.1 Å². The van der Waals surface area contributed by atoms with Crippen molar-refractivity contribution in [3.05, 3.63) is 42.2 Å². The van der Waals surface area contributed by atoms with Crippen LogP contribution in [0.2, 0.25) is 0 Å². The van der Waals surface area contributed by atoms with Crippen LogP contribution < -0.4 is 10.3 Å². The quantitative estimate of drug-likeness (QED) is 0.479. The Morgan fingerprint density at radius 1 is 1.36 bits per heavy atom. The summed E-state index contributed by atoms with van der Waals surface area (Å²) in [5.41, 5.74) is 8.25. The molecule has 3 rings (SSSR count). The minimum atomic E-state index is -0.895. The molecule has 7 nitrogen and oxygen atoms in total. The van der Waals surface area contributed by atoms with Crippen molar-refractivity contribution in [1.82, 2.24) is 15.0 Å². The number of H-pyrrole nitrogens is 1. The van der Waals surface area contributed by atoms with E-state index in [0.717, 1.165) is 17.3 Å². The van der Waals surface area contributed by atoms with E-state index in [1.165, 1.54) is 0 Å². The summed E-state index contributed by atoms with van der Waals surface area (Å²) in [5, 5.41) is 9.26. The fraction of sp³-hybridized carbons (Fsp3) is 0.143. The molecule has 0 spiro atoms. The molecule has 0 aliphatic carbocycles. The molecule has 0 saturated carbocycles. The molecule has 0 fully saturated rings. The lowest BCUT2D eigenvalue weighted by Gasteiger charge is -2.01. The van der Waals surface area contributed by atoms with E-state index in [1.807, 2.05) is 34.9 Å². The standard InChI is InChI=1S/C14H13N5O2S/c15-12-11-13(18-14(17-11)22-7-10(20)21)19(8-16-12)6-9-4-2-1-3-5-9/h1-5,8H,6-7H2,(H3,15,17,18,20,21)/p+1. The Kier molecular flexibility index (Phi) is 3.92. The maximum atomic E-state index is 10.7. The number of aliphatic carboxylic acids is 1. The fourth-order valence-electron chi connectivity index (χ4n) is 2.07. The molecule has 4 N–H and O–H groups in total. The summed E-state index contributed by atoms with van der Waals surface area (Å²) in [7, 11) is 0. The fourth-order valence-corrected chi connectivity index (χ4v) is 2.66. The van der Waals surface area contributed by atoms with Crippen molar-refractivity contribution in [2.24, 2.45) is 0 Å². The van der Waals surface area contributed by atoms with Crippen molar-refractivity contribution in [2.45, 2.75) is 11.7 Å². The zero-order valence-corrected chi connectivity index (χ0v) is 12.4. The van der Waals surface area contributed by atoms with Crippen LogP contribution in [0.5, 0.6) is 0 Å². The minimum Gasteiger partial charge on any atom is -0.481 e. The van der Waals surface area contributed by atoms with E-state index >= 15 is 0 Å². The Morgan fingerprint density at radius 3 is 2.86 bits per heavy atom. The molecule has 0 bridgehead atoms. The first kappa shape index (κ1) is 14.3. The Hall–Kier alpha value is -2.61. The van der Waals surface area contributed by atoms with Crippen molar-refractivity contribution in [1.29, 1.82) is 0 Å². The second-order valence-electron chi connectivity index (χ2n) is 4.67. The van der Waals surface area contributed by atoms with Gasteiger partial charge < -0.3 is 15.8 Å². The number of carboxylic acids is 1. The van der Waals surface area contributed by atoms with Crippen molar-refractivity contribution in [3.8, 4) is 0 Å². The predicted molar refractivity (Wildman–Crippen MR) is 82.4 cm³/mol. The van der Waals surface area contributed by atoms with E-state index < -0.39 is 5.97 Å². The number of imidazole rings is 1. The number of fused-ring (bicyclic) bond motifs is 1. The highest BCUT2D eigenvalue weighted by Gasteiger charge is 2.19. The summed E-state index contributed by atoms with van der Waals surface area (Å²) in [6.07, 6.45) is 1.64. The molecule has 112 valence electrons. The van der Waals surface area contributed by atoms with Gasteiger partial charge in [0.15, 0.2) is 5.52 Å². The molecule has 2 aromatic heterocycles. The first-order valence-electron chi connectivity index (χ1n) is 6.55. The molecular formula is C14H14N5O2S+. The highest BCUT2D eigenvalue weighted by Crippen LogP contribution is 2.20. The predicted octanol–water partition coefficient (Wildman–Crippen LogP) is 1.05. The lowest BCUT2D eigenvalue weighted by Crippen LogP contribution is -2.36. The van der Waals surface area contributed by atoms with Gasteiger partial charge in [0, 0.05) is 0 Å². The number of anilines is 1. The van der Waals surface area contributed by atoms with Crippen LogP contribution in [-0.4, -0.2) is 31.8 Å². The van der Waals surface area contributed by atoms with E-state index in [2.05, 4.69) is 15.0 Å². The van der Waals surface area contributed by atoms with E-state index in [4.69, 9.17) is 10.8 Å². The molecule has 0 aliphatic rings. The van der Waals surface area contributed by atoms with Gasteiger partial charge in [-0.2, -0.15) is 0 Å². The summed E-state index contributed by atoms with van der Waals surface area (Å²) in [4.78, 5) is 22.3. The van der Waals surface area contributed by atoms with Gasteiger partial charge in [-0.3, -0.25) is 4.79 Å². The summed E-state index contributed by atoms with van der Waals surface area (Å²) < 4.78 is 1.88. The number of nitrogens with one attached hydrogen (secondary N) is 1. The number of nitrogens with two attached hydrogens (primary N) is 1. The smallest absolute Gasteiger partial charge is 0.313 e. The number of hydrogen-bond acceptors (Lipinski definition) is 5. The first-order chi connectivity index (χ1) is 10.6. The third-order valence-corrected chi connectivity index (χ3v) is 3.91. The highest BCUT2D eigenvalue weighted by atomic mass is 32.2. The largest absolute Gasteiger partial charge is 0.481 e. The Bertz CT molecular complexity index is 819. The topological polar surface area (TPSA) is 109 Å². The molecular weight excluding hydrogens is 302 g/mol. The average molecular weight is 316 g/mol. The number of nitrogen functional groups attached to an aromatic ring is 1. The number of rotatable bonds is 5. The Balaban J connectivity index is 1.96. The molecule has 0 unspecified atom stereocenters. The summed E-state index contributed by atoms with van der Waals surface area (Å²) >= 11 is 1.12. The number of carbonyl (C=O) groups is 1. The van der Waals surface area contributed by atoms with Gasteiger partial charge in [0.25, 0.3) is 5.65 Å². The second-order valence-corrected chi connectivity index (χ2v) is 5.63. The molecule has 0 amide bonds. The molecule has 0 radical (unpaired) electrons. The number of thioether (sulfide) groups is 1. The van der Waals surface area contributed by atoms with Crippen molar-refractivity contribution >= 4 is 34.7 Å². The monoisotopic (exact) mass is 316 g/mol. The third-order valence-electron chi connectivity index (χ3n) is 3.06. The number of hydrogen-bond donors (Lipinski definition) is 3. The van der Waals surface area contributed by atoms with Crippen LogP contribution in [0.25, 0.3) is 11.2 Å². The molecule has 8 heteroatoms. The molecule has 1 aromatic carbocycles. The molecule has 0 saturated heterocycles. The molecule has 2 heterocycles. The van der Waals surface area contributed by atoms with E-state index in [9.17, 15) is 4.79 Å². The van der Waals surface area contributed by atoms with Gasteiger partial charge >= 0.3 is 5.97 Å². The number of aromatic nitrogens is 4. The lowest BCUT2D eigenvalue weighted by molar-refractivity contribution is -0.667. The summed E-state index contributed by atoms with van der Waals surface area (Å²) in [6.45, 7) is 0.610. The Morgan fingerprint density at radius 2 is 2.14 bits per heavy atom. The van der Waals surface area contributed by atoms with Gasteiger partial charge in [-0.25, -0.2) is 4.57 Å². The number of nitrogens with zero attached hydrogens (tertiary/aromatic N) is 3. The molecule has 22 heavy (non-hydrogen) atoms. The van der Waals surface area contributed by atoms with E-state index in [0.29, 0.717) is 28.7 Å². The van der Waals surface area contributed by atoms with Crippen molar-refractivity contribution in [3.63, 3.8) is 0 Å². The van der Waals surface area contributed by atoms with E-state index in [1.54, 1.807) is 6.33 Å². The van der Waals surface area contributed by atoms with Crippen LogP contribution in [0.1, 0.15) is 5.56 Å². The molecule has 0 aliphatic heterocycles. The second kappa shape index (κ2) is 6.02. The van der Waals surface area contributed by atoms with Crippen molar-refractivity contribution < 1.29 is 14.5 Å². The van der Waals surface area contributed by atoms with Gasteiger partial charge in [-0.15, -0.1) is 0 Å². The highest BCUT2D eigenvalue weighted by molar-refractivity contribution is 7.99. The van der Waals surface area contributed by atoms with Gasteiger partial charge in [0.2, 0.25) is 17.3 Å². The average Bonchev–Trinajstić information content (AvgIpc) is 2.94. The molecule has 3 aromatic rings. The number of carboxylic acid groups (broad SMARTS) is 1. The van der Waals surface area contributed by atoms with Crippen LogP contribution in [0, 0.1) is 0 Å². The third kappa shape index (κ3) is 3.01. The minimum absolute atomic E-state index is 0.0637. The number of aromatic amines is 1. The Labute approximate surface area is 130 Å². The normalized spacial score (nSPS) is 10.9. The lowest BCUT2D eigenvalue weighted by atomic mass is 10.2. The zero-order chi connectivity index (χ0) is 15.5. The maximum absolute atomic E-state index is 10.7. The zero-order valence-electron chi connectivity index (χ0n) is 11.6. The maximum Gasteiger partial charge on any atom is 0.313 e. The molecule has 0 atom stereocenters. The summed E-state index contributed by atoms with van der Waals surface area (Å²) in [6, 6.07) is 9.93. The van der Waals surface area contributed by atoms with Crippen LogP contribution in [0.3, 0.4) is 0 Å².